The van der Waals surface area contributed by atoms with Gasteiger partial charge in [-0.2, -0.15) is 10.1 Å². The van der Waals surface area contributed by atoms with Crippen LogP contribution in [0, 0.1) is 0 Å². The van der Waals surface area contributed by atoms with Gasteiger partial charge in [0.15, 0.2) is 6.10 Å². The van der Waals surface area contributed by atoms with Crippen molar-refractivity contribution in [2.24, 2.45) is 5.10 Å². The van der Waals surface area contributed by atoms with Crippen LogP contribution in [0.2, 0.25) is 0 Å². The molecule has 1 N–H and O–H groups in total. The number of methoxy groups -OCH3 is 1. The Morgan fingerprint density at radius 2 is 1.91 bits per heavy atom. The molecule has 2 unspecified atom stereocenters. The van der Waals surface area contributed by atoms with Gasteiger partial charge in [0.25, 0.3) is 12.3 Å². The van der Waals surface area contributed by atoms with Crippen LogP contribution in [0.3, 0.4) is 0 Å². The molecule has 0 fully saturated rings. The van der Waals surface area contributed by atoms with E-state index in [0.29, 0.717) is 16.5 Å². The summed E-state index contributed by atoms with van der Waals surface area (Å²) in [7, 11) is 1.51. The van der Waals surface area contributed by atoms with E-state index in [2.05, 4.69) is 5.10 Å². The summed E-state index contributed by atoms with van der Waals surface area (Å²) in [5, 5.41) is 14.2. The number of benzene rings is 1. The minimum Gasteiger partial charge on any atom is -0.497 e. The monoisotopic (exact) mass is 328 g/mol. The van der Waals surface area contributed by atoms with Crippen LogP contribution in [0.4, 0.5) is 8.78 Å². The fraction of sp³-hybridized carbons (Fsp3) is 0.467. The van der Waals surface area contributed by atoms with Crippen molar-refractivity contribution in [1.29, 1.82) is 0 Å². The number of halogens is 2. The molecule has 0 saturated heterocycles. The van der Waals surface area contributed by atoms with Crippen LogP contribution in [0.5, 0.6) is 11.5 Å². The summed E-state index contributed by atoms with van der Waals surface area (Å²) in [5.41, 5.74) is -2.38. The van der Waals surface area contributed by atoms with Crippen molar-refractivity contribution in [3.63, 3.8) is 0 Å². The summed E-state index contributed by atoms with van der Waals surface area (Å²) < 4.78 is 36.6. The quantitative estimate of drug-likeness (QED) is 0.898. The van der Waals surface area contributed by atoms with E-state index in [-0.39, 0.29) is 5.71 Å². The predicted octanol–water partition coefficient (Wildman–Crippen LogP) is 2.02. The largest absolute Gasteiger partial charge is 0.497 e. The molecular weight excluding hydrogens is 310 g/mol. The molecule has 126 valence electrons. The molecule has 0 saturated carbocycles. The number of ether oxygens (including phenoxy) is 2. The summed E-state index contributed by atoms with van der Waals surface area (Å²) in [6, 6.07) is 6.45. The SMILES string of the molecule is COc1ccc(OC(C)C(=O)N2N=C(C)CC2(O)C(F)F)cc1. The Labute approximate surface area is 132 Å². The Bertz CT molecular complexity index is 606. The number of hydrazone groups is 1. The average molecular weight is 328 g/mol. The van der Waals surface area contributed by atoms with Gasteiger partial charge in [-0.05, 0) is 38.1 Å². The van der Waals surface area contributed by atoms with Crippen LogP contribution < -0.4 is 9.47 Å². The molecule has 1 amide bonds. The highest BCUT2D eigenvalue weighted by Gasteiger charge is 2.51. The summed E-state index contributed by atoms with van der Waals surface area (Å²) in [4.78, 5) is 12.3. The minimum atomic E-state index is -3.14. The van der Waals surface area contributed by atoms with E-state index >= 15 is 0 Å². The van der Waals surface area contributed by atoms with Gasteiger partial charge in [-0.25, -0.2) is 8.78 Å². The molecule has 0 aromatic heterocycles. The van der Waals surface area contributed by atoms with E-state index in [1.165, 1.54) is 21.0 Å². The fourth-order valence-corrected chi connectivity index (χ4v) is 2.23. The maximum absolute atomic E-state index is 13.1. The van der Waals surface area contributed by atoms with Gasteiger partial charge in [-0.3, -0.25) is 4.79 Å². The number of hydrogen-bond acceptors (Lipinski definition) is 5. The lowest BCUT2D eigenvalue weighted by molar-refractivity contribution is -0.196. The van der Waals surface area contributed by atoms with Crippen LogP contribution in [0.1, 0.15) is 20.3 Å². The molecule has 0 aliphatic carbocycles. The van der Waals surface area contributed by atoms with Gasteiger partial charge >= 0.3 is 0 Å². The topological polar surface area (TPSA) is 71.4 Å². The normalized spacial score (nSPS) is 22.0. The fourth-order valence-electron chi connectivity index (χ4n) is 2.23. The number of hydrogen-bond donors (Lipinski definition) is 1. The Kier molecular flexibility index (Phi) is 4.84. The summed E-state index contributed by atoms with van der Waals surface area (Å²) >= 11 is 0. The zero-order valence-electron chi connectivity index (χ0n) is 13.0. The number of amides is 1. The second-order valence-corrected chi connectivity index (χ2v) is 5.28. The molecule has 0 spiro atoms. The molecule has 0 radical (unpaired) electrons. The van der Waals surface area contributed by atoms with Crippen molar-refractivity contribution in [3.8, 4) is 11.5 Å². The highest BCUT2D eigenvalue weighted by Crippen LogP contribution is 2.32. The summed E-state index contributed by atoms with van der Waals surface area (Å²) in [6.45, 7) is 2.87. The van der Waals surface area contributed by atoms with E-state index in [1.807, 2.05) is 0 Å². The highest BCUT2D eigenvalue weighted by atomic mass is 19.3. The molecule has 1 aromatic carbocycles. The van der Waals surface area contributed by atoms with Gasteiger partial charge in [0.2, 0.25) is 5.72 Å². The first-order chi connectivity index (χ1) is 10.8. The van der Waals surface area contributed by atoms with Crippen LogP contribution in [0.15, 0.2) is 29.4 Å². The third kappa shape index (κ3) is 3.42. The van der Waals surface area contributed by atoms with Crippen molar-refractivity contribution >= 4 is 11.6 Å². The van der Waals surface area contributed by atoms with Crippen molar-refractivity contribution in [2.75, 3.05) is 7.11 Å². The van der Waals surface area contributed by atoms with E-state index in [4.69, 9.17) is 9.47 Å². The number of aliphatic hydroxyl groups is 1. The molecule has 2 rings (SSSR count). The lowest BCUT2D eigenvalue weighted by Gasteiger charge is -2.31. The van der Waals surface area contributed by atoms with Crippen LogP contribution in [-0.4, -0.2) is 47.1 Å². The summed E-state index contributed by atoms with van der Waals surface area (Å²) in [6.07, 6.45) is -4.63. The Morgan fingerprint density at radius 1 is 1.35 bits per heavy atom. The summed E-state index contributed by atoms with van der Waals surface area (Å²) in [5.74, 6) is 0.135. The maximum atomic E-state index is 13.1. The number of carbonyl (C=O) groups is 1. The smallest absolute Gasteiger partial charge is 0.287 e. The van der Waals surface area contributed by atoms with Crippen molar-refractivity contribution < 1.29 is 28.2 Å². The third-order valence-electron chi connectivity index (χ3n) is 3.43. The lowest BCUT2D eigenvalue weighted by Crippen LogP contribution is -2.54. The Morgan fingerprint density at radius 3 is 2.43 bits per heavy atom. The van der Waals surface area contributed by atoms with Crippen LogP contribution in [0.25, 0.3) is 0 Å². The highest BCUT2D eigenvalue weighted by molar-refractivity contribution is 5.90. The maximum Gasteiger partial charge on any atom is 0.287 e. The second kappa shape index (κ2) is 6.49. The lowest BCUT2D eigenvalue weighted by atomic mass is 10.1. The molecule has 6 nitrogen and oxygen atoms in total. The zero-order valence-corrected chi connectivity index (χ0v) is 13.0. The molecule has 1 heterocycles. The second-order valence-electron chi connectivity index (χ2n) is 5.28. The predicted molar refractivity (Wildman–Crippen MR) is 78.6 cm³/mol. The first-order valence-electron chi connectivity index (χ1n) is 6.97. The van der Waals surface area contributed by atoms with Gasteiger partial charge < -0.3 is 14.6 Å². The zero-order chi connectivity index (χ0) is 17.2. The molecule has 8 heteroatoms. The Hall–Kier alpha value is -2.22. The van der Waals surface area contributed by atoms with Crippen LogP contribution in [-0.2, 0) is 4.79 Å². The van der Waals surface area contributed by atoms with Gasteiger partial charge in [-0.15, -0.1) is 0 Å². The molecule has 1 aliphatic rings. The Balaban J connectivity index is 2.11. The van der Waals surface area contributed by atoms with Gasteiger partial charge in [0.1, 0.15) is 11.5 Å². The minimum absolute atomic E-state index is 0.248. The molecule has 0 bridgehead atoms. The van der Waals surface area contributed by atoms with E-state index in [1.54, 1.807) is 24.3 Å². The number of nitrogens with zero attached hydrogens (tertiary/aromatic N) is 2. The van der Waals surface area contributed by atoms with Crippen molar-refractivity contribution in [1.82, 2.24) is 5.01 Å². The van der Waals surface area contributed by atoms with Crippen LogP contribution >= 0.6 is 0 Å². The average Bonchev–Trinajstić information content (AvgIpc) is 2.83. The number of carbonyl (C=O) groups excluding carboxylic acids is 1. The standard InChI is InChI=1S/C15H18F2N2O4/c1-9-8-15(21,14(16)17)19(18-9)13(20)10(2)23-12-6-4-11(22-3)5-7-12/h4-7,10,14,21H,8H2,1-3H3. The van der Waals surface area contributed by atoms with Gasteiger partial charge in [0, 0.05) is 12.1 Å². The molecule has 2 atom stereocenters. The van der Waals surface area contributed by atoms with Crippen molar-refractivity contribution in [2.45, 2.75) is 38.5 Å². The first kappa shape index (κ1) is 17.1. The third-order valence-corrected chi connectivity index (χ3v) is 3.43. The molecular formula is C15H18F2N2O4. The molecule has 1 aliphatic heterocycles. The van der Waals surface area contributed by atoms with Gasteiger partial charge in [-0.1, -0.05) is 0 Å². The van der Waals surface area contributed by atoms with Gasteiger partial charge in [0.05, 0.1) is 7.11 Å². The number of rotatable bonds is 5. The van der Waals surface area contributed by atoms with E-state index in [9.17, 15) is 18.7 Å². The van der Waals surface area contributed by atoms with E-state index < -0.39 is 30.6 Å². The molecule has 23 heavy (non-hydrogen) atoms. The molecule has 1 aromatic rings. The van der Waals surface area contributed by atoms with Crippen molar-refractivity contribution in [3.05, 3.63) is 24.3 Å². The number of alkyl halides is 2. The van der Waals surface area contributed by atoms with E-state index in [0.717, 1.165) is 0 Å². The first-order valence-corrected chi connectivity index (χ1v) is 6.97.